The average molecular weight is 221 g/mol. The van der Waals surface area contributed by atoms with E-state index in [-0.39, 0.29) is 0 Å². The Kier molecular flexibility index (Phi) is 3.08. The molecule has 0 saturated carbocycles. The molecule has 2 unspecified atom stereocenters. The van der Waals surface area contributed by atoms with Crippen LogP contribution < -0.4 is 5.32 Å². The molecule has 0 aromatic heterocycles. The lowest BCUT2D eigenvalue weighted by Gasteiger charge is -2.29. The van der Waals surface area contributed by atoms with Crippen LogP contribution >= 0.6 is 11.8 Å². The Morgan fingerprint density at radius 3 is 2.47 bits per heavy atom. The minimum absolute atomic E-state index is 0.316. The third kappa shape index (κ3) is 1.93. The van der Waals surface area contributed by atoms with E-state index in [0.717, 1.165) is 6.54 Å². The molecule has 1 aromatic carbocycles. The van der Waals surface area contributed by atoms with Crippen molar-refractivity contribution in [1.82, 2.24) is 5.32 Å². The lowest BCUT2D eigenvalue weighted by atomic mass is 9.77. The van der Waals surface area contributed by atoms with Crippen molar-refractivity contribution in [2.45, 2.75) is 36.6 Å². The Balaban J connectivity index is 2.28. The summed E-state index contributed by atoms with van der Waals surface area (Å²) in [6, 6.07) is 9.62. The molecule has 1 saturated heterocycles. The van der Waals surface area contributed by atoms with Crippen LogP contribution in [0.25, 0.3) is 0 Å². The van der Waals surface area contributed by atoms with Crippen molar-refractivity contribution >= 4 is 11.8 Å². The molecule has 0 spiro atoms. The van der Waals surface area contributed by atoms with Gasteiger partial charge in [0.15, 0.2) is 0 Å². The highest BCUT2D eigenvalue weighted by atomic mass is 32.2. The topological polar surface area (TPSA) is 12.0 Å². The van der Waals surface area contributed by atoms with Crippen LogP contribution in [-0.4, -0.2) is 18.8 Å². The fourth-order valence-electron chi connectivity index (χ4n) is 2.36. The van der Waals surface area contributed by atoms with Gasteiger partial charge in [-0.3, -0.25) is 0 Å². The van der Waals surface area contributed by atoms with Gasteiger partial charge in [0.2, 0.25) is 0 Å². The number of hydrogen-bond acceptors (Lipinski definition) is 2. The molecule has 82 valence electrons. The summed E-state index contributed by atoms with van der Waals surface area (Å²) in [7, 11) is 0. The Bertz CT molecular complexity index is 333. The van der Waals surface area contributed by atoms with Gasteiger partial charge in [-0.15, -0.1) is 11.8 Å². The number of hydrogen-bond donors (Lipinski definition) is 1. The molecule has 1 aromatic rings. The van der Waals surface area contributed by atoms with Gasteiger partial charge in [0.05, 0.1) is 0 Å². The summed E-state index contributed by atoms with van der Waals surface area (Å²) < 4.78 is 0. The van der Waals surface area contributed by atoms with Gasteiger partial charge in [0, 0.05) is 16.4 Å². The summed E-state index contributed by atoms with van der Waals surface area (Å²) in [6.07, 6.45) is 3.36. The van der Waals surface area contributed by atoms with E-state index >= 15 is 0 Å². The van der Waals surface area contributed by atoms with Gasteiger partial charge in [-0.2, -0.15) is 0 Å². The fraction of sp³-hybridized carbons (Fsp3) is 0.538. The van der Waals surface area contributed by atoms with Gasteiger partial charge in [-0.05, 0) is 43.8 Å². The third-order valence-corrected chi connectivity index (χ3v) is 4.54. The van der Waals surface area contributed by atoms with Crippen molar-refractivity contribution in [1.29, 1.82) is 0 Å². The van der Waals surface area contributed by atoms with E-state index in [4.69, 9.17) is 0 Å². The summed E-state index contributed by atoms with van der Waals surface area (Å²) in [5.41, 5.74) is 1.79. The number of thioether (sulfide) groups is 1. The first kappa shape index (κ1) is 11.0. The minimum Gasteiger partial charge on any atom is -0.313 e. The lowest BCUT2D eigenvalue weighted by molar-refractivity contribution is 0.427. The molecule has 0 radical (unpaired) electrons. The van der Waals surface area contributed by atoms with Crippen molar-refractivity contribution in [3.05, 3.63) is 29.8 Å². The average Bonchev–Trinajstić information content (AvgIpc) is 2.61. The van der Waals surface area contributed by atoms with E-state index in [9.17, 15) is 0 Å². The molecule has 1 heterocycles. The van der Waals surface area contributed by atoms with Crippen molar-refractivity contribution in [3.8, 4) is 0 Å². The van der Waals surface area contributed by atoms with E-state index in [0.29, 0.717) is 11.5 Å². The summed E-state index contributed by atoms with van der Waals surface area (Å²) in [5, 5.41) is 3.53. The first-order valence-corrected chi connectivity index (χ1v) is 6.77. The van der Waals surface area contributed by atoms with E-state index in [2.05, 4.69) is 49.7 Å². The zero-order chi connectivity index (χ0) is 10.9. The van der Waals surface area contributed by atoms with Crippen LogP contribution in [0.2, 0.25) is 0 Å². The summed E-state index contributed by atoms with van der Waals surface area (Å²) in [6.45, 7) is 5.79. The predicted molar refractivity (Wildman–Crippen MR) is 67.7 cm³/mol. The Labute approximate surface area is 96.7 Å². The van der Waals surface area contributed by atoms with Crippen molar-refractivity contribution in [3.63, 3.8) is 0 Å². The Morgan fingerprint density at radius 2 is 2.00 bits per heavy atom. The highest BCUT2D eigenvalue weighted by Crippen LogP contribution is 2.35. The molecule has 1 aliphatic heterocycles. The highest BCUT2D eigenvalue weighted by molar-refractivity contribution is 7.98. The second-order valence-corrected chi connectivity index (χ2v) is 5.45. The molecule has 1 nitrogen and oxygen atoms in total. The van der Waals surface area contributed by atoms with E-state index in [1.54, 1.807) is 11.8 Å². The molecular weight excluding hydrogens is 202 g/mol. The van der Waals surface area contributed by atoms with E-state index in [1.807, 2.05) is 0 Å². The zero-order valence-corrected chi connectivity index (χ0v) is 10.5. The molecule has 2 atom stereocenters. The van der Waals surface area contributed by atoms with E-state index < -0.39 is 0 Å². The lowest BCUT2D eigenvalue weighted by Crippen LogP contribution is -2.35. The van der Waals surface area contributed by atoms with Crippen molar-refractivity contribution in [2.24, 2.45) is 0 Å². The van der Waals surface area contributed by atoms with Gasteiger partial charge in [0.25, 0.3) is 0 Å². The second-order valence-electron chi connectivity index (χ2n) is 4.57. The molecule has 1 N–H and O–H groups in total. The van der Waals surface area contributed by atoms with Crippen LogP contribution in [0.4, 0.5) is 0 Å². The summed E-state index contributed by atoms with van der Waals surface area (Å²) >= 11 is 1.80. The number of nitrogens with one attached hydrogen (secondary N) is 1. The number of benzene rings is 1. The van der Waals surface area contributed by atoms with Crippen LogP contribution in [0.15, 0.2) is 29.2 Å². The Morgan fingerprint density at radius 1 is 1.33 bits per heavy atom. The Hall–Kier alpha value is -0.470. The monoisotopic (exact) mass is 221 g/mol. The molecule has 1 fully saturated rings. The predicted octanol–water partition coefficient (Wildman–Crippen LogP) is 3.05. The molecule has 0 amide bonds. The van der Waals surface area contributed by atoms with Crippen LogP contribution in [0.3, 0.4) is 0 Å². The molecular formula is C13H19NS. The first-order valence-electron chi connectivity index (χ1n) is 5.55. The van der Waals surface area contributed by atoms with Crippen LogP contribution in [-0.2, 0) is 5.41 Å². The number of rotatable bonds is 2. The second kappa shape index (κ2) is 4.18. The van der Waals surface area contributed by atoms with Gasteiger partial charge >= 0.3 is 0 Å². The fourth-order valence-corrected chi connectivity index (χ4v) is 2.76. The quantitative estimate of drug-likeness (QED) is 0.770. The van der Waals surface area contributed by atoms with Crippen LogP contribution in [0.1, 0.15) is 25.8 Å². The van der Waals surface area contributed by atoms with Gasteiger partial charge < -0.3 is 5.32 Å². The highest BCUT2D eigenvalue weighted by Gasteiger charge is 2.36. The molecule has 2 heteroatoms. The smallest absolute Gasteiger partial charge is 0.0133 e. The third-order valence-electron chi connectivity index (χ3n) is 3.80. The van der Waals surface area contributed by atoms with Gasteiger partial charge in [0.1, 0.15) is 0 Å². The van der Waals surface area contributed by atoms with Gasteiger partial charge in [-0.1, -0.05) is 19.1 Å². The summed E-state index contributed by atoms with van der Waals surface area (Å²) in [5.74, 6) is 0. The minimum atomic E-state index is 0.316. The normalized spacial score (nSPS) is 30.7. The molecule has 15 heavy (non-hydrogen) atoms. The first-order chi connectivity index (χ1) is 7.16. The molecule has 2 rings (SSSR count). The standard InChI is InChI=1S/C13H19NS/c1-10-13(2,8-9-14-10)11-4-6-12(15-3)7-5-11/h4-7,10,14H,8-9H2,1-3H3. The van der Waals surface area contributed by atoms with Gasteiger partial charge in [-0.25, -0.2) is 0 Å². The zero-order valence-electron chi connectivity index (χ0n) is 9.71. The SMILES string of the molecule is CSc1ccc(C2(C)CCNC2C)cc1. The maximum absolute atomic E-state index is 3.53. The molecule has 0 bridgehead atoms. The maximum Gasteiger partial charge on any atom is 0.0133 e. The molecule has 0 aliphatic carbocycles. The van der Waals surface area contributed by atoms with Crippen LogP contribution in [0.5, 0.6) is 0 Å². The van der Waals surface area contributed by atoms with Crippen molar-refractivity contribution in [2.75, 3.05) is 12.8 Å². The maximum atomic E-state index is 3.53. The van der Waals surface area contributed by atoms with E-state index in [1.165, 1.54) is 16.9 Å². The largest absolute Gasteiger partial charge is 0.313 e. The molecule has 1 aliphatic rings. The summed E-state index contributed by atoms with van der Waals surface area (Å²) in [4.78, 5) is 1.35. The van der Waals surface area contributed by atoms with Crippen molar-refractivity contribution < 1.29 is 0 Å². The van der Waals surface area contributed by atoms with Crippen LogP contribution in [0, 0.1) is 0 Å².